The van der Waals surface area contributed by atoms with E-state index in [1.165, 1.54) is 6.42 Å². The molecule has 1 saturated carbocycles. The van der Waals surface area contributed by atoms with Crippen LogP contribution in [-0.4, -0.2) is 4.98 Å². The number of thiol groups is 1. The van der Waals surface area contributed by atoms with Gasteiger partial charge in [0.25, 0.3) is 0 Å². The average molecular weight is 266 g/mol. The van der Waals surface area contributed by atoms with E-state index in [0.717, 1.165) is 16.4 Å². The summed E-state index contributed by atoms with van der Waals surface area (Å²) in [6.07, 6.45) is 7.19. The highest BCUT2D eigenvalue weighted by Crippen LogP contribution is 2.46. The minimum Gasteiger partial charge on any atom is -0.460 e. The highest BCUT2D eigenvalue weighted by Gasteiger charge is 2.36. The van der Waals surface area contributed by atoms with Gasteiger partial charge in [0.15, 0.2) is 0 Å². The largest absolute Gasteiger partial charge is 0.460 e. The van der Waals surface area contributed by atoms with Crippen LogP contribution in [0.4, 0.5) is 0 Å². The first kappa shape index (κ1) is 11.2. The van der Waals surface area contributed by atoms with Crippen molar-refractivity contribution in [2.45, 2.75) is 18.2 Å². The molecule has 2 unspecified atom stereocenters. The molecule has 1 aromatic heterocycles. The number of hydrogen-bond acceptors (Lipinski definition) is 3. The molecule has 1 aliphatic carbocycles. The lowest BCUT2D eigenvalue weighted by Crippen LogP contribution is -1.95. The summed E-state index contributed by atoms with van der Waals surface area (Å²) in [5, 5.41) is 0.579. The summed E-state index contributed by atoms with van der Waals surface area (Å²) >= 11 is 10.4. The molecule has 0 bridgehead atoms. The second-order valence-electron chi connectivity index (χ2n) is 4.50. The Labute approximate surface area is 111 Å². The van der Waals surface area contributed by atoms with Gasteiger partial charge in [-0.15, -0.1) is 12.6 Å². The fourth-order valence-corrected chi connectivity index (χ4v) is 2.62. The third-order valence-electron chi connectivity index (χ3n) is 3.04. The van der Waals surface area contributed by atoms with E-state index in [1.54, 1.807) is 12.3 Å². The number of nitrogens with zero attached hydrogens (tertiary/aromatic N) is 1. The van der Waals surface area contributed by atoms with Crippen LogP contribution in [0.3, 0.4) is 0 Å². The average Bonchev–Trinajstić information content (AvgIpc) is 2.94. The molecule has 1 aromatic rings. The van der Waals surface area contributed by atoms with E-state index in [2.05, 4.69) is 29.8 Å². The van der Waals surface area contributed by atoms with Crippen LogP contribution in [0.2, 0.25) is 5.02 Å². The van der Waals surface area contributed by atoms with Gasteiger partial charge in [0, 0.05) is 11.1 Å². The summed E-state index contributed by atoms with van der Waals surface area (Å²) in [5.41, 5.74) is 0.699. The van der Waals surface area contributed by atoms with E-state index < -0.39 is 0 Å². The quantitative estimate of drug-likeness (QED) is 0.777. The number of rotatable bonds is 1. The number of allylic oxidation sites excluding steroid dienone is 3. The van der Waals surface area contributed by atoms with Gasteiger partial charge in [0.1, 0.15) is 11.5 Å². The van der Waals surface area contributed by atoms with Gasteiger partial charge in [0.05, 0.1) is 10.8 Å². The molecule has 1 fully saturated rings. The van der Waals surface area contributed by atoms with Gasteiger partial charge in [-0.1, -0.05) is 11.6 Å². The van der Waals surface area contributed by atoms with Gasteiger partial charge in [-0.25, -0.2) is 0 Å². The molecule has 0 saturated heterocycles. The standard InChI is InChI=1S/C13H12ClNOS/c1-7-2-8-3-9(8)4-12(16-7)13-11(14)5-10(17)6-15-13/h2,4-6,8-9,17H,3H2,1H3. The van der Waals surface area contributed by atoms with Crippen molar-refractivity contribution in [3.8, 4) is 0 Å². The molecule has 0 radical (unpaired) electrons. The Morgan fingerprint density at radius 1 is 1.41 bits per heavy atom. The second-order valence-corrected chi connectivity index (χ2v) is 5.42. The third kappa shape index (κ3) is 2.22. The Morgan fingerprint density at radius 2 is 2.18 bits per heavy atom. The fourth-order valence-electron chi connectivity index (χ4n) is 2.09. The molecule has 0 N–H and O–H groups in total. The number of hydrogen-bond donors (Lipinski definition) is 1. The van der Waals surface area contributed by atoms with Crippen molar-refractivity contribution in [2.24, 2.45) is 11.8 Å². The van der Waals surface area contributed by atoms with Gasteiger partial charge < -0.3 is 4.74 Å². The zero-order valence-electron chi connectivity index (χ0n) is 9.35. The van der Waals surface area contributed by atoms with Crippen molar-refractivity contribution >= 4 is 30.0 Å². The molecule has 0 spiro atoms. The molecule has 1 aliphatic heterocycles. The van der Waals surface area contributed by atoms with Crippen LogP contribution in [0.5, 0.6) is 0 Å². The SMILES string of the molecule is CC1=CC2CC2C=C(c2ncc(S)cc2Cl)O1. The minimum atomic E-state index is 0.579. The predicted octanol–water partition coefficient (Wildman–Crippen LogP) is 3.93. The van der Waals surface area contributed by atoms with Crippen molar-refractivity contribution in [1.82, 2.24) is 4.98 Å². The Balaban J connectivity index is 2.01. The number of ether oxygens (including phenoxy) is 1. The summed E-state index contributed by atoms with van der Waals surface area (Å²) in [6, 6.07) is 1.78. The maximum atomic E-state index is 6.17. The third-order valence-corrected chi connectivity index (χ3v) is 3.57. The van der Waals surface area contributed by atoms with E-state index in [-0.39, 0.29) is 0 Å². The van der Waals surface area contributed by atoms with Crippen LogP contribution in [0.25, 0.3) is 5.76 Å². The second kappa shape index (κ2) is 4.07. The van der Waals surface area contributed by atoms with Gasteiger partial charge >= 0.3 is 0 Å². The van der Waals surface area contributed by atoms with Crippen molar-refractivity contribution in [3.63, 3.8) is 0 Å². The fraction of sp³-hybridized carbons (Fsp3) is 0.308. The molecular weight excluding hydrogens is 254 g/mol. The first-order chi connectivity index (χ1) is 8.13. The van der Waals surface area contributed by atoms with Gasteiger partial charge in [-0.2, -0.15) is 0 Å². The van der Waals surface area contributed by atoms with Crippen molar-refractivity contribution < 1.29 is 4.74 Å². The Bertz CT molecular complexity index is 538. The maximum Gasteiger partial charge on any atom is 0.150 e. The van der Waals surface area contributed by atoms with E-state index in [9.17, 15) is 0 Å². The van der Waals surface area contributed by atoms with Crippen LogP contribution in [0, 0.1) is 11.8 Å². The number of fused-ring (bicyclic) bond motifs is 1. The summed E-state index contributed by atoms with van der Waals surface area (Å²) in [7, 11) is 0. The monoisotopic (exact) mass is 265 g/mol. The van der Waals surface area contributed by atoms with Crippen molar-refractivity contribution in [1.29, 1.82) is 0 Å². The number of aromatic nitrogens is 1. The van der Waals surface area contributed by atoms with E-state index in [1.807, 2.05) is 6.92 Å². The first-order valence-electron chi connectivity index (χ1n) is 5.56. The summed E-state index contributed by atoms with van der Waals surface area (Å²) in [6.45, 7) is 1.97. The maximum absolute atomic E-state index is 6.17. The first-order valence-corrected chi connectivity index (χ1v) is 6.39. The molecule has 2 heterocycles. The molecule has 4 heteroatoms. The minimum absolute atomic E-state index is 0.579. The zero-order valence-corrected chi connectivity index (χ0v) is 11.0. The summed E-state index contributed by atoms with van der Waals surface area (Å²) in [5.74, 6) is 2.91. The molecule has 2 nitrogen and oxygen atoms in total. The van der Waals surface area contributed by atoms with Crippen LogP contribution < -0.4 is 0 Å². The highest BCUT2D eigenvalue weighted by atomic mass is 35.5. The lowest BCUT2D eigenvalue weighted by molar-refractivity contribution is 0.381. The lowest BCUT2D eigenvalue weighted by Gasteiger charge is -2.10. The van der Waals surface area contributed by atoms with Crippen molar-refractivity contribution in [2.75, 3.05) is 0 Å². The molecular formula is C13H12ClNOS. The van der Waals surface area contributed by atoms with Crippen LogP contribution in [-0.2, 0) is 4.74 Å². The Hall–Kier alpha value is -0.930. The summed E-state index contributed by atoms with van der Waals surface area (Å²) < 4.78 is 5.77. The van der Waals surface area contributed by atoms with E-state index in [0.29, 0.717) is 22.6 Å². The normalized spacial score (nSPS) is 26.3. The molecule has 2 aliphatic rings. The van der Waals surface area contributed by atoms with E-state index >= 15 is 0 Å². The Morgan fingerprint density at radius 3 is 2.94 bits per heavy atom. The predicted molar refractivity (Wildman–Crippen MR) is 70.9 cm³/mol. The van der Waals surface area contributed by atoms with Crippen LogP contribution in [0.15, 0.2) is 35.1 Å². The number of pyridine rings is 1. The number of halogens is 1. The van der Waals surface area contributed by atoms with Gasteiger partial charge in [0.2, 0.25) is 0 Å². The molecule has 0 amide bonds. The van der Waals surface area contributed by atoms with Gasteiger partial charge in [-0.05, 0) is 43.4 Å². The molecule has 88 valence electrons. The van der Waals surface area contributed by atoms with Gasteiger partial charge in [-0.3, -0.25) is 4.98 Å². The smallest absolute Gasteiger partial charge is 0.150 e. The lowest BCUT2D eigenvalue weighted by atomic mass is 10.2. The van der Waals surface area contributed by atoms with Crippen LogP contribution >= 0.6 is 24.2 Å². The summed E-state index contributed by atoms with van der Waals surface area (Å²) in [4.78, 5) is 5.06. The molecule has 17 heavy (non-hydrogen) atoms. The highest BCUT2D eigenvalue weighted by molar-refractivity contribution is 7.80. The van der Waals surface area contributed by atoms with Crippen LogP contribution in [0.1, 0.15) is 19.0 Å². The van der Waals surface area contributed by atoms with E-state index in [4.69, 9.17) is 16.3 Å². The topological polar surface area (TPSA) is 22.1 Å². The van der Waals surface area contributed by atoms with Crippen molar-refractivity contribution in [3.05, 3.63) is 40.9 Å². The molecule has 0 aromatic carbocycles. The zero-order chi connectivity index (χ0) is 12.0. The molecule has 3 rings (SSSR count). The molecule has 2 atom stereocenters. The Kier molecular flexibility index (Phi) is 2.68.